The number of halogens is 2. The fraction of sp³-hybridized carbons (Fsp3) is 0.647. The molecule has 6 rings (SSSR count). The van der Waals surface area contributed by atoms with Gasteiger partial charge in [-0.25, -0.2) is 8.78 Å². The maximum Gasteiger partial charge on any atom is 0.339 e. The Morgan fingerprint density at radius 2 is 1.05 bits per heavy atom. The van der Waals surface area contributed by atoms with Crippen molar-refractivity contribution in [1.82, 2.24) is 0 Å². The molecule has 0 heterocycles. The smallest absolute Gasteiger partial charge is 0.339 e. The molecule has 0 unspecified atom stereocenters. The normalized spacial score (nSPS) is 21.2. The summed E-state index contributed by atoms with van der Waals surface area (Å²) in [5.41, 5.74) is 2.57. The minimum atomic E-state index is -5.33. The van der Waals surface area contributed by atoms with Crippen molar-refractivity contribution in [3.8, 4) is 5.75 Å². The van der Waals surface area contributed by atoms with Crippen molar-refractivity contribution < 1.29 is 34.4 Å². The van der Waals surface area contributed by atoms with Gasteiger partial charge in [0.25, 0.3) is 0 Å². The maximum atomic E-state index is 15.9. The van der Waals surface area contributed by atoms with E-state index in [0.29, 0.717) is 18.8 Å². The fourth-order valence-corrected chi connectivity index (χ4v) is 10.6. The average molecular weight is 651 g/mol. The molecule has 0 saturated heterocycles. The van der Waals surface area contributed by atoms with E-state index in [-0.39, 0.29) is 40.7 Å². The molecule has 0 aromatic heterocycles. The molecule has 3 fully saturated rings. The average Bonchev–Trinajstić information content (AvgIpc) is 3.03. The molecule has 2 aromatic carbocycles. The Hall–Kier alpha value is -2.04. The van der Waals surface area contributed by atoms with Crippen LogP contribution in [-0.2, 0) is 33.1 Å². The number of hydrogen-bond acceptors (Lipinski definition) is 5. The largest absolute Gasteiger partial charge is 0.375 e. The lowest BCUT2D eigenvalue weighted by Gasteiger charge is -2.32. The molecule has 6 nitrogen and oxygen atoms in total. The highest BCUT2D eigenvalue weighted by Crippen LogP contribution is 2.47. The molecule has 0 bridgehead atoms. The van der Waals surface area contributed by atoms with Crippen LogP contribution in [0.4, 0.5) is 8.78 Å². The predicted molar refractivity (Wildman–Crippen MR) is 165 cm³/mol. The van der Waals surface area contributed by atoms with Gasteiger partial charge in [0.2, 0.25) is 0 Å². The van der Waals surface area contributed by atoms with Gasteiger partial charge in [-0.1, -0.05) is 69.9 Å². The van der Waals surface area contributed by atoms with Crippen molar-refractivity contribution in [3.05, 3.63) is 51.6 Å². The first-order valence-electron chi connectivity index (χ1n) is 16.7. The molecule has 4 aliphatic carbocycles. The summed E-state index contributed by atoms with van der Waals surface area (Å²) in [4.78, 5) is -1.45. The SMILES string of the molecule is O=S(=O)(O)c1c(F)c2c(c(OS(=O)(=O)c3c(C4CCCCC4)cc(C4CCCCC4)cc3C3CCCCC3)c1F)CCCC2. The number of hydrogen-bond donors (Lipinski definition) is 1. The quantitative estimate of drug-likeness (QED) is 0.237. The summed E-state index contributed by atoms with van der Waals surface area (Å²) in [5.74, 6) is -3.45. The van der Waals surface area contributed by atoms with Gasteiger partial charge in [-0.2, -0.15) is 16.8 Å². The van der Waals surface area contributed by atoms with E-state index in [2.05, 4.69) is 12.1 Å². The van der Waals surface area contributed by atoms with Crippen LogP contribution in [0.5, 0.6) is 5.75 Å². The molecule has 2 aromatic rings. The van der Waals surface area contributed by atoms with E-state index < -0.39 is 42.5 Å². The second-order valence-electron chi connectivity index (χ2n) is 13.5. The van der Waals surface area contributed by atoms with Gasteiger partial charge in [-0.3, -0.25) is 4.55 Å². The Kier molecular flexibility index (Phi) is 9.42. The molecule has 0 radical (unpaired) electrons. The van der Waals surface area contributed by atoms with Crippen LogP contribution in [0.2, 0.25) is 0 Å². The lowest BCUT2D eigenvalue weighted by molar-refractivity contribution is 0.404. The predicted octanol–water partition coefficient (Wildman–Crippen LogP) is 9.00. The summed E-state index contributed by atoms with van der Waals surface area (Å²) >= 11 is 0. The third-order valence-electron chi connectivity index (χ3n) is 10.6. The van der Waals surface area contributed by atoms with Gasteiger partial charge < -0.3 is 4.18 Å². The zero-order valence-electron chi connectivity index (χ0n) is 25.4. The third-order valence-corrected chi connectivity index (χ3v) is 12.9. The summed E-state index contributed by atoms with van der Waals surface area (Å²) in [6.07, 6.45) is 16.5. The van der Waals surface area contributed by atoms with Crippen molar-refractivity contribution in [1.29, 1.82) is 0 Å². The van der Waals surface area contributed by atoms with Crippen LogP contribution >= 0.6 is 0 Å². The molecule has 4 aliphatic rings. The number of rotatable bonds is 7. The van der Waals surface area contributed by atoms with Gasteiger partial charge in [0.05, 0.1) is 0 Å². The molecule has 242 valence electrons. The van der Waals surface area contributed by atoms with Crippen molar-refractivity contribution >= 4 is 20.2 Å². The van der Waals surface area contributed by atoms with E-state index in [1.807, 2.05) is 0 Å². The van der Waals surface area contributed by atoms with Crippen LogP contribution in [0.25, 0.3) is 0 Å². The van der Waals surface area contributed by atoms with Gasteiger partial charge in [0, 0.05) is 5.56 Å². The van der Waals surface area contributed by atoms with Crippen LogP contribution in [0.3, 0.4) is 0 Å². The highest BCUT2D eigenvalue weighted by Gasteiger charge is 2.38. The third kappa shape index (κ3) is 6.32. The lowest BCUT2D eigenvalue weighted by Crippen LogP contribution is -2.23. The van der Waals surface area contributed by atoms with E-state index in [9.17, 15) is 21.4 Å². The Bertz CT molecular complexity index is 1560. The molecule has 0 spiro atoms. The van der Waals surface area contributed by atoms with E-state index in [1.54, 1.807) is 0 Å². The second-order valence-corrected chi connectivity index (χ2v) is 16.3. The Morgan fingerprint density at radius 3 is 1.52 bits per heavy atom. The van der Waals surface area contributed by atoms with Gasteiger partial charge in [0.15, 0.2) is 22.3 Å². The van der Waals surface area contributed by atoms with E-state index >= 15 is 8.78 Å². The number of fused-ring (bicyclic) bond motifs is 1. The molecule has 10 heteroatoms. The van der Waals surface area contributed by atoms with E-state index in [4.69, 9.17) is 4.18 Å². The summed E-state index contributed by atoms with van der Waals surface area (Å²) in [5, 5.41) is 0. The van der Waals surface area contributed by atoms with Crippen molar-refractivity contribution in [2.24, 2.45) is 0 Å². The van der Waals surface area contributed by atoms with Crippen molar-refractivity contribution in [2.75, 3.05) is 0 Å². The second kappa shape index (κ2) is 13.0. The van der Waals surface area contributed by atoms with Gasteiger partial charge in [-0.15, -0.1) is 0 Å². The Morgan fingerprint density at radius 1 is 0.591 bits per heavy atom. The number of benzene rings is 2. The topological polar surface area (TPSA) is 97.7 Å². The molecule has 0 atom stereocenters. The Balaban J connectivity index is 1.55. The minimum Gasteiger partial charge on any atom is -0.375 e. The first kappa shape index (κ1) is 31.9. The lowest BCUT2D eigenvalue weighted by atomic mass is 9.76. The highest BCUT2D eigenvalue weighted by atomic mass is 32.2. The summed E-state index contributed by atoms with van der Waals surface area (Å²) in [7, 11) is -10.0. The highest BCUT2D eigenvalue weighted by molar-refractivity contribution is 7.87. The Labute approximate surface area is 260 Å². The molecular weight excluding hydrogens is 606 g/mol. The fourth-order valence-electron chi connectivity index (χ4n) is 8.42. The van der Waals surface area contributed by atoms with E-state index in [0.717, 1.165) is 101 Å². The van der Waals surface area contributed by atoms with Gasteiger partial charge in [-0.05, 0) is 104 Å². The monoisotopic (exact) mass is 650 g/mol. The summed E-state index contributed by atoms with van der Waals surface area (Å²) < 4.78 is 100. The first-order valence-corrected chi connectivity index (χ1v) is 19.5. The van der Waals surface area contributed by atoms with Crippen molar-refractivity contribution in [3.63, 3.8) is 0 Å². The van der Waals surface area contributed by atoms with Gasteiger partial charge in [0.1, 0.15) is 4.90 Å². The molecule has 1 N–H and O–H groups in total. The van der Waals surface area contributed by atoms with Crippen LogP contribution in [0, 0.1) is 11.6 Å². The molecular formula is C34H44F2O6S2. The van der Waals surface area contributed by atoms with Crippen LogP contribution in [0.1, 0.15) is 155 Å². The molecule has 0 aliphatic heterocycles. The first-order chi connectivity index (χ1) is 21.1. The van der Waals surface area contributed by atoms with Crippen LogP contribution < -0.4 is 4.18 Å². The van der Waals surface area contributed by atoms with Crippen molar-refractivity contribution in [2.45, 2.75) is 150 Å². The zero-order chi connectivity index (χ0) is 31.1. The van der Waals surface area contributed by atoms with Gasteiger partial charge >= 0.3 is 20.2 Å². The maximum absolute atomic E-state index is 15.9. The zero-order valence-corrected chi connectivity index (χ0v) is 27.0. The van der Waals surface area contributed by atoms with Crippen LogP contribution in [0.15, 0.2) is 21.9 Å². The minimum absolute atomic E-state index is 0.0170. The standard InChI is InChI=1S/C34H44F2O6S2/c35-30-26-18-10-11-19-27(26)32(31(36)34(30)43(37,38)39)42-44(40,41)33-28(23-14-6-2-7-15-23)20-25(22-12-4-1-5-13-22)21-29(33)24-16-8-3-9-17-24/h20-24H,1-19H2,(H,37,38,39). The molecule has 0 amide bonds. The summed E-state index contributed by atoms with van der Waals surface area (Å²) in [6, 6.07) is 4.16. The van der Waals surface area contributed by atoms with Crippen LogP contribution in [-0.4, -0.2) is 21.4 Å². The summed E-state index contributed by atoms with van der Waals surface area (Å²) in [6.45, 7) is 0. The molecule has 44 heavy (non-hydrogen) atoms. The van der Waals surface area contributed by atoms with E-state index in [1.165, 1.54) is 12.0 Å². The molecule has 3 saturated carbocycles.